The zero-order valence-electron chi connectivity index (χ0n) is 13.4. The Morgan fingerprint density at radius 3 is 2.27 bits per heavy atom. The van der Waals surface area contributed by atoms with Crippen molar-refractivity contribution in [1.29, 1.82) is 0 Å². The zero-order valence-corrected chi connectivity index (χ0v) is 13.4. The third-order valence-corrected chi connectivity index (χ3v) is 2.55. The van der Waals surface area contributed by atoms with Gasteiger partial charge in [-0.1, -0.05) is 0 Å². The van der Waals surface area contributed by atoms with E-state index < -0.39 is 17.8 Å². The lowest BCUT2D eigenvalue weighted by molar-refractivity contribution is -0.155. The SMILES string of the molecule is CC(C)(C)OC(=O)CCCC(NC(=O)CCCC(=O)O)ON. The lowest BCUT2D eigenvalue weighted by Gasteiger charge is -2.20. The van der Waals surface area contributed by atoms with Crippen LogP contribution in [0.5, 0.6) is 0 Å². The Labute approximate surface area is 130 Å². The predicted octanol–water partition coefficient (Wildman–Crippen LogP) is 1.09. The van der Waals surface area contributed by atoms with Gasteiger partial charge in [0.15, 0.2) is 0 Å². The van der Waals surface area contributed by atoms with Crippen molar-refractivity contribution in [3.05, 3.63) is 0 Å². The van der Waals surface area contributed by atoms with Gasteiger partial charge in [-0.15, -0.1) is 0 Å². The average molecular weight is 318 g/mol. The highest BCUT2D eigenvalue weighted by Crippen LogP contribution is 2.10. The Bertz CT molecular complexity index is 378. The highest BCUT2D eigenvalue weighted by molar-refractivity contribution is 5.76. The maximum absolute atomic E-state index is 11.5. The molecule has 0 heterocycles. The molecule has 1 unspecified atom stereocenters. The van der Waals surface area contributed by atoms with Crippen LogP contribution in [0, 0.1) is 0 Å². The first-order chi connectivity index (χ1) is 10.1. The average Bonchev–Trinajstić information content (AvgIpc) is 2.34. The topological polar surface area (TPSA) is 128 Å². The largest absolute Gasteiger partial charge is 0.481 e. The maximum atomic E-state index is 11.5. The van der Waals surface area contributed by atoms with Crippen molar-refractivity contribution in [2.75, 3.05) is 0 Å². The maximum Gasteiger partial charge on any atom is 0.306 e. The van der Waals surface area contributed by atoms with Gasteiger partial charge in [-0.2, -0.15) is 0 Å². The smallest absolute Gasteiger partial charge is 0.306 e. The van der Waals surface area contributed by atoms with Crippen molar-refractivity contribution in [2.24, 2.45) is 5.90 Å². The van der Waals surface area contributed by atoms with Crippen molar-refractivity contribution in [2.45, 2.75) is 71.1 Å². The fraction of sp³-hybridized carbons (Fsp3) is 0.786. The van der Waals surface area contributed by atoms with E-state index in [1.54, 1.807) is 20.8 Å². The number of hydrogen-bond acceptors (Lipinski definition) is 6. The van der Waals surface area contributed by atoms with Crippen LogP contribution in [-0.2, 0) is 24.0 Å². The number of carboxylic acid groups (broad SMARTS) is 1. The van der Waals surface area contributed by atoms with Crippen LogP contribution < -0.4 is 11.2 Å². The number of nitrogens with one attached hydrogen (secondary N) is 1. The summed E-state index contributed by atoms with van der Waals surface area (Å²) in [7, 11) is 0. The van der Waals surface area contributed by atoms with E-state index in [4.69, 9.17) is 15.7 Å². The van der Waals surface area contributed by atoms with Gasteiger partial charge in [-0.25, -0.2) is 5.90 Å². The van der Waals surface area contributed by atoms with Crippen LogP contribution in [0.1, 0.15) is 59.3 Å². The fourth-order valence-corrected chi connectivity index (χ4v) is 1.65. The van der Waals surface area contributed by atoms with Crippen LogP contribution in [0.15, 0.2) is 0 Å². The number of carbonyl (C=O) groups excluding carboxylic acids is 2. The monoisotopic (exact) mass is 318 g/mol. The van der Waals surface area contributed by atoms with Gasteiger partial charge in [0.1, 0.15) is 11.8 Å². The van der Waals surface area contributed by atoms with Crippen LogP contribution in [-0.4, -0.2) is 34.8 Å². The number of aliphatic carboxylic acids is 1. The number of carbonyl (C=O) groups is 3. The van der Waals surface area contributed by atoms with E-state index in [0.29, 0.717) is 12.8 Å². The van der Waals surface area contributed by atoms with Gasteiger partial charge in [0.05, 0.1) is 0 Å². The molecule has 1 atom stereocenters. The molecule has 0 aromatic carbocycles. The lowest BCUT2D eigenvalue weighted by atomic mass is 10.1. The van der Waals surface area contributed by atoms with E-state index in [-0.39, 0.29) is 37.6 Å². The Balaban J connectivity index is 3.94. The van der Waals surface area contributed by atoms with Gasteiger partial charge in [0.25, 0.3) is 0 Å². The molecule has 0 aliphatic rings. The first kappa shape index (κ1) is 20.3. The van der Waals surface area contributed by atoms with Crippen molar-refractivity contribution in [1.82, 2.24) is 5.32 Å². The molecule has 0 saturated carbocycles. The predicted molar refractivity (Wildman–Crippen MR) is 78.4 cm³/mol. The fourth-order valence-electron chi connectivity index (χ4n) is 1.65. The van der Waals surface area contributed by atoms with Crippen molar-refractivity contribution >= 4 is 17.8 Å². The second-order valence-corrected chi connectivity index (χ2v) is 5.92. The number of hydrogen-bond donors (Lipinski definition) is 3. The number of rotatable bonds is 10. The molecule has 8 heteroatoms. The molecule has 0 aliphatic carbocycles. The highest BCUT2D eigenvalue weighted by atomic mass is 16.6. The van der Waals surface area contributed by atoms with E-state index in [0.717, 1.165) is 0 Å². The first-order valence-corrected chi connectivity index (χ1v) is 7.22. The summed E-state index contributed by atoms with van der Waals surface area (Å²) >= 11 is 0. The minimum Gasteiger partial charge on any atom is -0.481 e. The molecule has 0 aliphatic heterocycles. The Kier molecular flexibility index (Phi) is 9.35. The minimum atomic E-state index is -0.947. The Hall–Kier alpha value is -1.67. The van der Waals surface area contributed by atoms with Crippen molar-refractivity contribution in [3.8, 4) is 0 Å². The van der Waals surface area contributed by atoms with Crippen molar-refractivity contribution < 1.29 is 29.1 Å². The van der Waals surface area contributed by atoms with Gasteiger partial charge in [0, 0.05) is 19.3 Å². The molecule has 1 amide bonds. The van der Waals surface area contributed by atoms with E-state index in [2.05, 4.69) is 10.2 Å². The molecule has 0 fully saturated rings. The standard InChI is InChI=1S/C14H26N2O6/c1-14(2,3)21-13(20)9-5-7-11(22-15)16-10(17)6-4-8-12(18)19/h11H,4-9,15H2,1-3H3,(H,16,17)(H,18,19). The summed E-state index contributed by atoms with van der Waals surface area (Å²) in [6.45, 7) is 5.36. The summed E-state index contributed by atoms with van der Waals surface area (Å²) in [6, 6.07) is 0. The molecule has 0 radical (unpaired) electrons. The van der Waals surface area contributed by atoms with E-state index in [1.165, 1.54) is 0 Å². The summed E-state index contributed by atoms with van der Waals surface area (Å²) in [5.41, 5.74) is -0.529. The quantitative estimate of drug-likeness (QED) is 0.312. The Morgan fingerprint density at radius 2 is 1.77 bits per heavy atom. The zero-order chi connectivity index (χ0) is 17.2. The molecule has 128 valence electrons. The van der Waals surface area contributed by atoms with Gasteiger partial charge in [-0.05, 0) is 40.0 Å². The molecule has 0 bridgehead atoms. The third-order valence-electron chi connectivity index (χ3n) is 2.55. The van der Waals surface area contributed by atoms with Crippen LogP contribution in [0.25, 0.3) is 0 Å². The van der Waals surface area contributed by atoms with Gasteiger partial charge < -0.3 is 15.2 Å². The summed E-state index contributed by atoms with van der Waals surface area (Å²) in [5, 5.41) is 11.0. The van der Waals surface area contributed by atoms with E-state index in [1.807, 2.05) is 0 Å². The summed E-state index contributed by atoms with van der Waals surface area (Å²) in [4.78, 5) is 38.0. The Morgan fingerprint density at radius 1 is 1.14 bits per heavy atom. The summed E-state index contributed by atoms with van der Waals surface area (Å²) < 4.78 is 5.16. The molecule has 0 rings (SSSR count). The van der Waals surface area contributed by atoms with Crippen LogP contribution in [0.2, 0.25) is 0 Å². The normalized spacial score (nSPS) is 12.5. The van der Waals surface area contributed by atoms with E-state index >= 15 is 0 Å². The number of nitrogens with two attached hydrogens (primary N) is 1. The van der Waals surface area contributed by atoms with E-state index in [9.17, 15) is 14.4 Å². The van der Waals surface area contributed by atoms with Gasteiger partial charge in [-0.3, -0.25) is 19.2 Å². The van der Waals surface area contributed by atoms with Crippen LogP contribution in [0.4, 0.5) is 0 Å². The molecule has 0 aromatic rings. The second kappa shape index (κ2) is 10.1. The molecular weight excluding hydrogens is 292 g/mol. The number of amides is 1. The summed E-state index contributed by atoms with van der Waals surface area (Å²) in [5.74, 6) is 3.48. The lowest BCUT2D eigenvalue weighted by Crippen LogP contribution is -2.38. The molecule has 22 heavy (non-hydrogen) atoms. The minimum absolute atomic E-state index is 0.0692. The first-order valence-electron chi connectivity index (χ1n) is 7.22. The molecule has 0 spiro atoms. The van der Waals surface area contributed by atoms with Gasteiger partial charge >= 0.3 is 11.9 Å². The molecule has 0 aromatic heterocycles. The molecule has 4 N–H and O–H groups in total. The van der Waals surface area contributed by atoms with Gasteiger partial charge in [0.2, 0.25) is 5.91 Å². The van der Waals surface area contributed by atoms with Crippen molar-refractivity contribution in [3.63, 3.8) is 0 Å². The third kappa shape index (κ3) is 12.1. The second-order valence-electron chi connectivity index (χ2n) is 5.92. The molecule has 8 nitrogen and oxygen atoms in total. The number of ether oxygens (including phenoxy) is 1. The number of carboxylic acids is 1. The van der Waals surface area contributed by atoms with Crippen LogP contribution in [0.3, 0.4) is 0 Å². The number of esters is 1. The highest BCUT2D eigenvalue weighted by Gasteiger charge is 2.17. The molecule has 0 saturated heterocycles. The van der Waals surface area contributed by atoms with Crippen LogP contribution >= 0.6 is 0 Å². The molecular formula is C14H26N2O6. The summed E-state index contributed by atoms with van der Waals surface area (Å²) in [6.07, 6.45) is 0.563.